The Bertz CT molecular complexity index is 603. The number of halogens is 2. The maximum Gasteiger partial charge on any atom is 0.311 e. The third-order valence-electron chi connectivity index (χ3n) is 4.52. The average Bonchev–Trinajstić information content (AvgIpc) is 2.89. The summed E-state index contributed by atoms with van der Waals surface area (Å²) in [5, 5.41) is 9.46. The summed E-state index contributed by atoms with van der Waals surface area (Å²) in [4.78, 5) is 25.3. The van der Waals surface area contributed by atoms with Crippen molar-refractivity contribution >= 4 is 11.9 Å². The Morgan fingerprint density at radius 3 is 2.50 bits per heavy atom. The number of carboxylic acids is 1. The molecular formula is C16H19F2NO3. The Labute approximate surface area is 127 Å². The molecule has 1 amide bonds. The molecule has 1 aromatic rings. The van der Waals surface area contributed by atoms with Gasteiger partial charge in [0.05, 0.1) is 11.8 Å². The summed E-state index contributed by atoms with van der Waals surface area (Å²) in [6, 6.07) is 3.34. The molecule has 4 nitrogen and oxygen atoms in total. The number of likely N-dealkylation sites (tertiary alicyclic amines) is 1. The van der Waals surface area contributed by atoms with E-state index in [0.29, 0.717) is 18.5 Å². The molecule has 1 aromatic carbocycles. The lowest BCUT2D eigenvalue weighted by molar-refractivity contribution is -0.151. The summed E-state index contributed by atoms with van der Waals surface area (Å²) < 4.78 is 26.0. The predicted molar refractivity (Wildman–Crippen MR) is 76.2 cm³/mol. The SMILES string of the molecule is CC(C)C1(C(=O)O)CCN(C(=O)Cc2ccc(F)c(F)c2)C1. The van der Waals surface area contributed by atoms with Crippen LogP contribution in [0.4, 0.5) is 8.78 Å². The van der Waals surface area contributed by atoms with Gasteiger partial charge in [-0.1, -0.05) is 19.9 Å². The minimum absolute atomic E-state index is 0.0645. The van der Waals surface area contributed by atoms with E-state index in [2.05, 4.69) is 0 Å². The van der Waals surface area contributed by atoms with Gasteiger partial charge in [0.1, 0.15) is 0 Å². The second-order valence-electron chi connectivity index (χ2n) is 6.11. The van der Waals surface area contributed by atoms with Crippen LogP contribution in [0.3, 0.4) is 0 Å². The summed E-state index contributed by atoms with van der Waals surface area (Å²) in [7, 11) is 0. The molecule has 1 fully saturated rings. The van der Waals surface area contributed by atoms with Crippen molar-refractivity contribution in [2.24, 2.45) is 11.3 Å². The number of hydrogen-bond acceptors (Lipinski definition) is 2. The molecule has 0 radical (unpaired) electrons. The summed E-state index contributed by atoms with van der Waals surface area (Å²) in [6.07, 6.45) is 0.342. The Morgan fingerprint density at radius 2 is 2.00 bits per heavy atom. The molecule has 1 unspecified atom stereocenters. The molecule has 0 saturated carbocycles. The van der Waals surface area contributed by atoms with Crippen LogP contribution < -0.4 is 0 Å². The zero-order valence-corrected chi connectivity index (χ0v) is 12.6. The van der Waals surface area contributed by atoms with Crippen LogP contribution in [0.1, 0.15) is 25.8 Å². The number of hydrogen-bond donors (Lipinski definition) is 1. The number of carbonyl (C=O) groups is 2. The highest BCUT2D eigenvalue weighted by Gasteiger charge is 2.48. The molecule has 22 heavy (non-hydrogen) atoms. The van der Waals surface area contributed by atoms with Crippen molar-refractivity contribution in [1.82, 2.24) is 4.90 Å². The third-order valence-corrected chi connectivity index (χ3v) is 4.52. The molecule has 6 heteroatoms. The Kier molecular flexibility index (Phi) is 4.49. The molecule has 1 saturated heterocycles. The van der Waals surface area contributed by atoms with Crippen molar-refractivity contribution in [1.29, 1.82) is 0 Å². The minimum Gasteiger partial charge on any atom is -0.481 e. The van der Waals surface area contributed by atoms with Crippen molar-refractivity contribution in [3.8, 4) is 0 Å². The molecule has 0 spiro atoms. The normalized spacial score (nSPS) is 21.4. The topological polar surface area (TPSA) is 57.6 Å². The van der Waals surface area contributed by atoms with E-state index >= 15 is 0 Å². The molecular weight excluding hydrogens is 292 g/mol. The zero-order chi connectivity index (χ0) is 16.5. The van der Waals surface area contributed by atoms with Crippen LogP contribution in [0.25, 0.3) is 0 Å². The molecule has 1 N–H and O–H groups in total. The van der Waals surface area contributed by atoms with E-state index in [4.69, 9.17) is 0 Å². The van der Waals surface area contributed by atoms with Gasteiger partial charge in [-0.05, 0) is 30.0 Å². The molecule has 1 heterocycles. The number of carbonyl (C=O) groups excluding carboxylic acids is 1. The Morgan fingerprint density at radius 1 is 1.32 bits per heavy atom. The predicted octanol–water partition coefficient (Wildman–Crippen LogP) is 2.47. The number of amides is 1. The van der Waals surface area contributed by atoms with Gasteiger partial charge in [0, 0.05) is 13.1 Å². The highest BCUT2D eigenvalue weighted by Crippen LogP contribution is 2.38. The van der Waals surface area contributed by atoms with Gasteiger partial charge in [-0.2, -0.15) is 0 Å². The number of carboxylic acid groups (broad SMARTS) is 1. The third kappa shape index (κ3) is 2.96. The second kappa shape index (κ2) is 6.02. The lowest BCUT2D eigenvalue weighted by Gasteiger charge is -2.28. The smallest absolute Gasteiger partial charge is 0.311 e. The van der Waals surface area contributed by atoms with Crippen LogP contribution in [0, 0.1) is 23.0 Å². The van der Waals surface area contributed by atoms with Gasteiger partial charge in [0.15, 0.2) is 11.6 Å². The molecule has 2 rings (SSSR count). The van der Waals surface area contributed by atoms with Crippen LogP contribution >= 0.6 is 0 Å². The van der Waals surface area contributed by atoms with Crippen molar-refractivity contribution in [3.63, 3.8) is 0 Å². The lowest BCUT2D eigenvalue weighted by Crippen LogP contribution is -2.41. The lowest BCUT2D eigenvalue weighted by atomic mass is 9.76. The monoisotopic (exact) mass is 311 g/mol. The van der Waals surface area contributed by atoms with Gasteiger partial charge >= 0.3 is 5.97 Å². The van der Waals surface area contributed by atoms with E-state index in [1.807, 2.05) is 13.8 Å². The van der Waals surface area contributed by atoms with Crippen molar-refractivity contribution in [2.75, 3.05) is 13.1 Å². The number of benzene rings is 1. The number of nitrogens with zero attached hydrogens (tertiary/aromatic N) is 1. The molecule has 0 aliphatic carbocycles. The Balaban J connectivity index is 2.08. The highest BCUT2D eigenvalue weighted by molar-refractivity contribution is 5.82. The number of aliphatic carboxylic acids is 1. The van der Waals surface area contributed by atoms with E-state index in [1.165, 1.54) is 11.0 Å². The fraction of sp³-hybridized carbons (Fsp3) is 0.500. The van der Waals surface area contributed by atoms with E-state index in [9.17, 15) is 23.5 Å². The molecule has 1 atom stereocenters. The van der Waals surface area contributed by atoms with Gasteiger partial charge < -0.3 is 10.0 Å². The highest BCUT2D eigenvalue weighted by atomic mass is 19.2. The van der Waals surface area contributed by atoms with Crippen LogP contribution in [0.15, 0.2) is 18.2 Å². The largest absolute Gasteiger partial charge is 0.481 e. The summed E-state index contributed by atoms with van der Waals surface area (Å²) in [5.74, 6) is -3.21. The first-order valence-corrected chi connectivity index (χ1v) is 7.21. The van der Waals surface area contributed by atoms with Crippen LogP contribution in [-0.4, -0.2) is 35.0 Å². The Hall–Kier alpha value is -1.98. The van der Waals surface area contributed by atoms with Gasteiger partial charge in [-0.15, -0.1) is 0 Å². The molecule has 120 valence electrons. The van der Waals surface area contributed by atoms with Crippen LogP contribution in [-0.2, 0) is 16.0 Å². The van der Waals surface area contributed by atoms with E-state index in [1.54, 1.807) is 0 Å². The summed E-state index contributed by atoms with van der Waals surface area (Å²) >= 11 is 0. The van der Waals surface area contributed by atoms with Crippen LogP contribution in [0.2, 0.25) is 0 Å². The minimum atomic E-state index is -0.992. The molecule has 0 bridgehead atoms. The van der Waals surface area contributed by atoms with Gasteiger partial charge in [0.2, 0.25) is 5.91 Å². The first-order chi connectivity index (χ1) is 10.3. The average molecular weight is 311 g/mol. The van der Waals surface area contributed by atoms with E-state index < -0.39 is 23.0 Å². The van der Waals surface area contributed by atoms with E-state index in [0.717, 1.165) is 12.1 Å². The fourth-order valence-electron chi connectivity index (χ4n) is 2.87. The number of rotatable bonds is 4. The van der Waals surface area contributed by atoms with Gasteiger partial charge in [0.25, 0.3) is 0 Å². The first kappa shape index (κ1) is 16.4. The molecule has 1 aliphatic rings. The summed E-state index contributed by atoms with van der Waals surface area (Å²) in [5.41, 5.74) is -0.551. The first-order valence-electron chi connectivity index (χ1n) is 7.21. The van der Waals surface area contributed by atoms with Gasteiger partial charge in [-0.3, -0.25) is 9.59 Å². The van der Waals surface area contributed by atoms with Crippen molar-refractivity contribution in [3.05, 3.63) is 35.4 Å². The molecule has 0 aromatic heterocycles. The zero-order valence-electron chi connectivity index (χ0n) is 12.6. The standard InChI is InChI=1S/C16H19F2NO3/c1-10(2)16(15(21)22)5-6-19(9-16)14(20)8-11-3-4-12(17)13(18)7-11/h3-4,7,10H,5-6,8-9H2,1-2H3,(H,21,22). The maximum absolute atomic E-state index is 13.2. The van der Waals surface area contributed by atoms with E-state index in [-0.39, 0.29) is 24.8 Å². The quantitative estimate of drug-likeness (QED) is 0.929. The van der Waals surface area contributed by atoms with Crippen molar-refractivity contribution < 1.29 is 23.5 Å². The van der Waals surface area contributed by atoms with Gasteiger partial charge in [-0.25, -0.2) is 8.78 Å². The molecule has 1 aliphatic heterocycles. The second-order valence-corrected chi connectivity index (χ2v) is 6.11. The van der Waals surface area contributed by atoms with Crippen molar-refractivity contribution in [2.45, 2.75) is 26.7 Å². The van der Waals surface area contributed by atoms with Crippen LogP contribution in [0.5, 0.6) is 0 Å². The summed E-state index contributed by atoms with van der Waals surface area (Å²) in [6.45, 7) is 4.18. The maximum atomic E-state index is 13.2. The fourth-order valence-corrected chi connectivity index (χ4v) is 2.87.